The van der Waals surface area contributed by atoms with Crippen molar-refractivity contribution < 1.29 is 14.1 Å². The van der Waals surface area contributed by atoms with Crippen molar-refractivity contribution in [1.82, 2.24) is 10.1 Å². The molecule has 6 heteroatoms. The Kier molecular flexibility index (Phi) is 4.68. The third kappa shape index (κ3) is 3.12. The van der Waals surface area contributed by atoms with Crippen molar-refractivity contribution in [3.63, 3.8) is 0 Å². The maximum atomic E-state index is 12.9. The number of carbonyl (C=O) groups is 1. The van der Waals surface area contributed by atoms with E-state index in [2.05, 4.69) is 5.16 Å². The molecule has 2 heterocycles. The maximum Gasteiger partial charge on any atom is 0.259 e. The van der Waals surface area contributed by atoms with Gasteiger partial charge in [-0.3, -0.25) is 4.79 Å². The van der Waals surface area contributed by atoms with Gasteiger partial charge in [0.2, 0.25) is 0 Å². The molecule has 1 saturated heterocycles. The number of benzene rings is 1. The van der Waals surface area contributed by atoms with E-state index in [0.717, 1.165) is 12.8 Å². The summed E-state index contributed by atoms with van der Waals surface area (Å²) in [5, 5.41) is 4.61. The Morgan fingerprint density at radius 2 is 2.04 bits per heavy atom. The summed E-state index contributed by atoms with van der Waals surface area (Å²) in [6.07, 6.45) is 1.91. The van der Waals surface area contributed by atoms with Crippen molar-refractivity contribution in [1.29, 1.82) is 0 Å². The predicted octanol–water partition coefficient (Wildman–Crippen LogP) is 3.55. The molecular weight excluding hydrogens is 316 g/mol. The van der Waals surface area contributed by atoms with Gasteiger partial charge in [0.15, 0.2) is 0 Å². The van der Waals surface area contributed by atoms with Gasteiger partial charge in [-0.2, -0.15) is 0 Å². The third-order valence-corrected chi connectivity index (χ3v) is 4.60. The Morgan fingerprint density at radius 1 is 1.35 bits per heavy atom. The average Bonchev–Trinajstić information content (AvgIpc) is 2.96. The number of methoxy groups -OCH3 is 1. The molecule has 2 aromatic rings. The summed E-state index contributed by atoms with van der Waals surface area (Å²) in [5.41, 5.74) is 1.71. The second-order valence-electron chi connectivity index (χ2n) is 5.67. The summed E-state index contributed by atoms with van der Waals surface area (Å²) >= 11 is 6.25. The summed E-state index contributed by atoms with van der Waals surface area (Å²) in [4.78, 5) is 14.8. The zero-order chi connectivity index (χ0) is 16.4. The van der Waals surface area contributed by atoms with Crippen molar-refractivity contribution in [3.8, 4) is 11.3 Å². The van der Waals surface area contributed by atoms with Crippen molar-refractivity contribution in [2.45, 2.75) is 25.9 Å². The van der Waals surface area contributed by atoms with E-state index in [1.54, 1.807) is 20.1 Å². The third-order valence-electron chi connectivity index (χ3n) is 4.27. The van der Waals surface area contributed by atoms with Crippen molar-refractivity contribution in [2.24, 2.45) is 0 Å². The normalized spacial score (nSPS) is 15.9. The summed E-state index contributed by atoms with van der Waals surface area (Å²) in [5.74, 6) is 0.451. The van der Waals surface area contributed by atoms with Gasteiger partial charge >= 0.3 is 0 Å². The van der Waals surface area contributed by atoms with Crippen LogP contribution in [0.15, 0.2) is 28.8 Å². The van der Waals surface area contributed by atoms with Crippen LogP contribution in [-0.2, 0) is 4.74 Å². The molecule has 1 aromatic heterocycles. The highest BCUT2D eigenvalue weighted by Gasteiger charge is 2.29. The van der Waals surface area contributed by atoms with E-state index in [1.807, 2.05) is 23.1 Å². The van der Waals surface area contributed by atoms with Gasteiger partial charge < -0.3 is 14.2 Å². The quantitative estimate of drug-likeness (QED) is 0.861. The van der Waals surface area contributed by atoms with Crippen molar-refractivity contribution in [2.75, 3.05) is 20.2 Å². The Labute approximate surface area is 140 Å². The van der Waals surface area contributed by atoms with E-state index in [-0.39, 0.29) is 12.0 Å². The first kappa shape index (κ1) is 16.0. The molecule has 1 aromatic carbocycles. The Bertz CT molecular complexity index is 706. The number of aryl methyl sites for hydroxylation is 1. The standard InChI is InChI=1S/C17H19ClN2O3/c1-11-15(17(21)20-9-7-12(22-2)8-10-20)16(19-23-11)13-5-3-4-6-14(13)18/h3-6,12H,7-10H2,1-2H3. The molecule has 0 spiro atoms. The molecule has 1 aliphatic heterocycles. The SMILES string of the molecule is COC1CCN(C(=O)c2c(-c3ccccc3Cl)noc2C)CC1. The first-order chi connectivity index (χ1) is 11.1. The number of rotatable bonds is 3. The molecule has 0 unspecified atom stereocenters. The minimum absolute atomic E-state index is 0.0618. The topological polar surface area (TPSA) is 55.6 Å². The van der Waals surface area contributed by atoms with E-state index < -0.39 is 0 Å². The number of aromatic nitrogens is 1. The molecule has 5 nitrogen and oxygen atoms in total. The highest BCUT2D eigenvalue weighted by Crippen LogP contribution is 2.32. The molecule has 0 atom stereocenters. The number of likely N-dealkylation sites (tertiary alicyclic amines) is 1. The Morgan fingerprint density at radius 3 is 2.70 bits per heavy atom. The zero-order valence-corrected chi connectivity index (χ0v) is 14.0. The molecule has 3 rings (SSSR count). The molecule has 0 bridgehead atoms. The summed E-state index contributed by atoms with van der Waals surface area (Å²) in [6, 6.07) is 7.33. The molecule has 0 radical (unpaired) electrons. The van der Waals surface area contributed by atoms with Crippen LogP contribution in [0.2, 0.25) is 5.02 Å². The van der Waals surface area contributed by atoms with Crippen molar-refractivity contribution in [3.05, 3.63) is 40.6 Å². The van der Waals surface area contributed by atoms with Crippen LogP contribution in [0.4, 0.5) is 0 Å². The molecule has 1 amide bonds. The molecule has 1 aliphatic rings. The maximum absolute atomic E-state index is 12.9. The minimum Gasteiger partial charge on any atom is -0.381 e. The largest absolute Gasteiger partial charge is 0.381 e. The van der Waals surface area contributed by atoms with Crippen LogP contribution in [0.25, 0.3) is 11.3 Å². The van der Waals surface area contributed by atoms with Crippen LogP contribution < -0.4 is 0 Å². The van der Waals surface area contributed by atoms with Crippen LogP contribution >= 0.6 is 11.6 Å². The number of hydrogen-bond acceptors (Lipinski definition) is 4. The fourth-order valence-electron chi connectivity index (χ4n) is 2.91. The summed E-state index contributed by atoms with van der Waals surface area (Å²) in [6.45, 7) is 3.09. The minimum atomic E-state index is -0.0618. The van der Waals surface area contributed by atoms with E-state index in [9.17, 15) is 4.79 Å². The summed E-state index contributed by atoms with van der Waals surface area (Å²) < 4.78 is 10.6. The van der Waals surface area contributed by atoms with Crippen molar-refractivity contribution >= 4 is 17.5 Å². The molecular formula is C17H19ClN2O3. The number of nitrogens with zero attached hydrogens (tertiary/aromatic N) is 2. The number of carbonyl (C=O) groups excluding carboxylic acids is 1. The molecule has 1 fully saturated rings. The van der Waals surface area contributed by atoms with Gasteiger partial charge in [-0.15, -0.1) is 0 Å². The molecule has 122 valence electrons. The van der Waals surface area contributed by atoms with Gasteiger partial charge in [0.05, 0.1) is 11.1 Å². The first-order valence-corrected chi connectivity index (χ1v) is 8.03. The van der Waals surface area contributed by atoms with E-state index in [1.165, 1.54) is 0 Å². The zero-order valence-electron chi connectivity index (χ0n) is 13.2. The fraction of sp³-hybridized carbons (Fsp3) is 0.412. The smallest absolute Gasteiger partial charge is 0.259 e. The molecule has 23 heavy (non-hydrogen) atoms. The highest BCUT2D eigenvalue weighted by molar-refractivity contribution is 6.33. The van der Waals surface area contributed by atoms with Gasteiger partial charge in [0, 0.05) is 25.8 Å². The average molecular weight is 335 g/mol. The van der Waals surface area contributed by atoms with E-state index in [0.29, 0.717) is 40.7 Å². The lowest BCUT2D eigenvalue weighted by atomic mass is 10.0. The number of halogens is 1. The van der Waals surface area contributed by atoms with Gasteiger partial charge in [-0.05, 0) is 25.8 Å². The Hall–Kier alpha value is -1.85. The lowest BCUT2D eigenvalue weighted by Crippen LogP contribution is -2.40. The van der Waals surface area contributed by atoms with Crippen LogP contribution in [0.1, 0.15) is 29.0 Å². The first-order valence-electron chi connectivity index (χ1n) is 7.65. The van der Waals surface area contributed by atoms with Gasteiger partial charge in [0.1, 0.15) is 17.0 Å². The second-order valence-corrected chi connectivity index (χ2v) is 6.08. The molecule has 0 N–H and O–H groups in total. The van der Waals surface area contributed by atoms with E-state index >= 15 is 0 Å². The van der Waals surface area contributed by atoms with Crippen LogP contribution in [0.5, 0.6) is 0 Å². The lowest BCUT2D eigenvalue weighted by molar-refractivity contribution is 0.0350. The second kappa shape index (κ2) is 6.72. The Balaban J connectivity index is 1.90. The van der Waals surface area contributed by atoms with Gasteiger partial charge in [-0.1, -0.05) is 35.0 Å². The lowest BCUT2D eigenvalue weighted by Gasteiger charge is -2.31. The fourth-order valence-corrected chi connectivity index (χ4v) is 3.14. The number of hydrogen-bond donors (Lipinski definition) is 0. The summed E-state index contributed by atoms with van der Waals surface area (Å²) in [7, 11) is 1.71. The monoisotopic (exact) mass is 334 g/mol. The molecule has 0 aliphatic carbocycles. The predicted molar refractivity (Wildman–Crippen MR) is 87.6 cm³/mol. The number of piperidine rings is 1. The molecule has 0 saturated carbocycles. The van der Waals surface area contributed by atoms with Crippen LogP contribution in [0, 0.1) is 6.92 Å². The number of ether oxygens (including phenoxy) is 1. The van der Waals surface area contributed by atoms with Gasteiger partial charge in [0.25, 0.3) is 5.91 Å². The van der Waals surface area contributed by atoms with Crippen LogP contribution in [-0.4, -0.2) is 42.3 Å². The van der Waals surface area contributed by atoms with Gasteiger partial charge in [-0.25, -0.2) is 0 Å². The van der Waals surface area contributed by atoms with E-state index in [4.69, 9.17) is 20.9 Å². The van der Waals surface area contributed by atoms with Crippen LogP contribution in [0.3, 0.4) is 0 Å². The highest BCUT2D eigenvalue weighted by atomic mass is 35.5. The number of amides is 1.